The van der Waals surface area contributed by atoms with Crippen LogP contribution in [0.5, 0.6) is 0 Å². The van der Waals surface area contributed by atoms with Gasteiger partial charge in [-0.3, -0.25) is 4.79 Å². The molecule has 1 aromatic carbocycles. The number of halogens is 1. The Morgan fingerprint density at radius 1 is 1.50 bits per heavy atom. The van der Waals surface area contributed by atoms with Crippen LogP contribution in [0.15, 0.2) is 18.2 Å². The number of nitriles is 1. The quantitative estimate of drug-likeness (QED) is 0.919. The van der Waals surface area contributed by atoms with E-state index in [0.717, 1.165) is 10.2 Å². The van der Waals surface area contributed by atoms with Crippen molar-refractivity contribution in [3.05, 3.63) is 23.2 Å². The molecule has 1 amide bonds. The van der Waals surface area contributed by atoms with Crippen LogP contribution >= 0.6 is 22.9 Å². The Hall–Kier alpha value is -1.64. The molecule has 2 rings (SSSR count). The van der Waals surface area contributed by atoms with Gasteiger partial charge >= 0.3 is 0 Å². The van der Waals surface area contributed by atoms with E-state index in [1.54, 1.807) is 18.2 Å². The zero-order chi connectivity index (χ0) is 14.8. The normalized spacial score (nSPS) is 11.3. The molecule has 20 heavy (non-hydrogen) atoms. The number of anilines is 1. The highest BCUT2D eigenvalue weighted by atomic mass is 35.5. The molecule has 0 aliphatic rings. The first kappa shape index (κ1) is 14.8. The lowest BCUT2D eigenvalue weighted by Gasteiger charge is -2.21. The van der Waals surface area contributed by atoms with Crippen molar-refractivity contribution in [2.75, 3.05) is 5.32 Å². The van der Waals surface area contributed by atoms with Crippen LogP contribution in [0.2, 0.25) is 5.02 Å². The number of carbonyl (C=O) groups is 1. The minimum atomic E-state index is -0.991. The van der Waals surface area contributed by atoms with E-state index in [2.05, 4.69) is 16.4 Å². The number of hydrogen-bond donors (Lipinski definition) is 1. The highest BCUT2D eigenvalue weighted by Gasteiger charge is 2.35. The summed E-state index contributed by atoms with van der Waals surface area (Å²) in [6.07, 6.45) is 0.950. The Morgan fingerprint density at radius 2 is 2.20 bits per heavy atom. The fourth-order valence-corrected chi connectivity index (χ4v) is 3.09. The average molecular weight is 308 g/mol. The van der Waals surface area contributed by atoms with E-state index in [9.17, 15) is 10.1 Å². The predicted molar refractivity (Wildman–Crippen MR) is 81.9 cm³/mol. The standard InChI is InChI=1S/C14H14ClN3OS/c1-3-14(4-2,8-16)12(19)18-13-17-10-6-5-9(15)7-11(10)20-13/h5-7H,3-4H2,1-2H3,(H,17,18,19). The molecule has 1 N–H and O–H groups in total. The van der Waals surface area contributed by atoms with E-state index < -0.39 is 5.41 Å². The molecule has 0 fully saturated rings. The first-order valence-electron chi connectivity index (χ1n) is 6.33. The molecular formula is C14H14ClN3OS. The molecule has 1 aromatic heterocycles. The van der Waals surface area contributed by atoms with E-state index in [1.807, 2.05) is 13.8 Å². The first-order chi connectivity index (χ1) is 9.54. The van der Waals surface area contributed by atoms with Gasteiger partial charge in [0.2, 0.25) is 5.91 Å². The lowest BCUT2D eigenvalue weighted by atomic mass is 9.83. The van der Waals surface area contributed by atoms with Gasteiger partial charge in [-0.1, -0.05) is 36.8 Å². The SMILES string of the molecule is CCC(C#N)(CC)C(=O)Nc1nc2ccc(Cl)cc2s1. The number of carbonyl (C=O) groups excluding carboxylic acids is 1. The van der Waals surface area contributed by atoms with Gasteiger partial charge in [-0.2, -0.15) is 5.26 Å². The van der Waals surface area contributed by atoms with Crippen molar-refractivity contribution in [1.82, 2.24) is 4.98 Å². The van der Waals surface area contributed by atoms with Crippen LogP contribution in [0.3, 0.4) is 0 Å². The van der Waals surface area contributed by atoms with Gasteiger partial charge in [0.15, 0.2) is 5.13 Å². The summed E-state index contributed by atoms with van der Waals surface area (Å²) >= 11 is 7.27. The summed E-state index contributed by atoms with van der Waals surface area (Å²) in [6, 6.07) is 7.49. The Kier molecular flexibility index (Phi) is 4.26. The summed E-state index contributed by atoms with van der Waals surface area (Å²) in [4.78, 5) is 16.6. The molecule has 4 nitrogen and oxygen atoms in total. The third-order valence-corrected chi connectivity index (χ3v) is 4.60. The molecule has 0 saturated heterocycles. The Morgan fingerprint density at radius 3 is 2.80 bits per heavy atom. The number of fused-ring (bicyclic) bond motifs is 1. The van der Waals surface area contributed by atoms with E-state index in [-0.39, 0.29) is 5.91 Å². The number of amides is 1. The maximum atomic E-state index is 12.3. The van der Waals surface area contributed by atoms with Crippen LogP contribution in [-0.2, 0) is 4.79 Å². The number of nitrogens with zero attached hydrogens (tertiary/aromatic N) is 2. The van der Waals surface area contributed by atoms with Crippen molar-refractivity contribution in [1.29, 1.82) is 5.26 Å². The summed E-state index contributed by atoms with van der Waals surface area (Å²) in [5.41, 5.74) is -0.208. The van der Waals surface area contributed by atoms with E-state index in [4.69, 9.17) is 11.6 Å². The molecule has 0 radical (unpaired) electrons. The van der Waals surface area contributed by atoms with Gasteiger partial charge < -0.3 is 5.32 Å². The maximum absolute atomic E-state index is 12.3. The van der Waals surface area contributed by atoms with E-state index >= 15 is 0 Å². The van der Waals surface area contributed by atoms with Crippen molar-refractivity contribution < 1.29 is 4.79 Å². The van der Waals surface area contributed by atoms with Crippen molar-refractivity contribution in [3.63, 3.8) is 0 Å². The van der Waals surface area contributed by atoms with Crippen LogP contribution in [0, 0.1) is 16.7 Å². The van der Waals surface area contributed by atoms with Crippen LogP contribution in [0.1, 0.15) is 26.7 Å². The average Bonchev–Trinajstić information content (AvgIpc) is 2.82. The fraction of sp³-hybridized carbons (Fsp3) is 0.357. The minimum Gasteiger partial charge on any atom is -0.301 e. The monoisotopic (exact) mass is 307 g/mol. The predicted octanol–water partition coefficient (Wildman–Crippen LogP) is 4.22. The molecule has 0 aliphatic heterocycles. The summed E-state index contributed by atoms with van der Waals surface area (Å²) in [5, 5.41) is 13.1. The maximum Gasteiger partial charge on any atom is 0.246 e. The van der Waals surface area contributed by atoms with Gasteiger partial charge in [0.05, 0.1) is 16.3 Å². The Bertz CT molecular complexity index is 685. The van der Waals surface area contributed by atoms with Gasteiger partial charge in [0, 0.05) is 5.02 Å². The smallest absolute Gasteiger partial charge is 0.246 e. The highest BCUT2D eigenvalue weighted by Crippen LogP contribution is 2.31. The molecule has 0 bridgehead atoms. The lowest BCUT2D eigenvalue weighted by Crippen LogP contribution is -2.33. The number of rotatable bonds is 4. The number of benzene rings is 1. The number of aromatic nitrogens is 1. The van der Waals surface area contributed by atoms with Crippen molar-refractivity contribution in [2.24, 2.45) is 5.41 Å². The molecule has 6 heteroatoms. The fourth-order valence-electron chi connectivity index (χ4n) is 1.95. The van der Waals surface area contributed by atoms with E-state index in [1.165, 1.54) is 11.3 Å². The Balaban J connectivity index is 2.28. The number of nitrogens with one attached hydrogen (secondary N) is 1. The molecule has 0 atom stereocenters. The van der Waals surface area contributed by atoms with Crippen LogP contribution in [0.4, 0.5) is 5.13 Å². The van der Waals surface area contributed by atoms with Crippen molar-refractivity contribution in [3.8, 4) is 6.07 Å². The third-order valence-electron chi connectivity index (χ3n) is 3.43. The second kappa shape index (κ2) is 5.78. The van der Waals surface area contributed by atoms with E-state index in [0.29, 0.717) is 23.0 Å². The zero-order valence-electron chi connectivity index (χ0n) is 11.2. The second-order valence-corrected chi connectivity index (χ2v) is 5.95. The van der Waals surface area contributed by atoms with Gasteiger partial charge in [-0.25, -0.2) is 4.98 Å². The number of hydrogen-bond acceptors (Lipinski definition) is 4. The van der Waals surface area contributed by atoms with Gasteiger partial charge in [0.1, 0.15) is 5.41 Å². The van der Waals surface area contributed by atoms with Crippen LogP contribution in [0.25, 0.3) is 10.2 Å². The number of thiazole rings is 1. The summed E-state index contributed by atoms with van der Waals surface area (Å²) in [6.45, 7) is 3.68. The molecule has 0 unspecified atom stereocenters. The van der Waals surface area contributed by atoms with Gasteiger partial charge in [-0.05, 0) is 31.0 Å². The zero-order valence-corrected chi connectivity index (χ0v) is 12.8. The largest absolute Gasteiger partial charge is 0.301 e. The summed E-state index contributed by atoms with van der Waals surface area (Å²) in [5.74, 6) is -0.296. The molecule has 0 saturated carbocycles. The topological polar surface area (TPSA) is 65.8 Å². The third kappa shape index (κ3) is 2.62. The second-order valence-electron chi connectivity index (χ2n) is 4.49. The van der Waals surface area contributed by atoms with Gasteiger partial charge in [0.25, 0.3) is 0 Å². The molecule has 1 heterocycles. The minimum absolute atomic E-state index is 0.296. The molecule has 2 aromatic rings. The molecule has 0 spiro atoms. The lowest BCUT2D eigenvalue weighted by molar-refractivity contribution is -0.123. The van der Waals surface area contributed by atoms with Crippen LogP contribution in [-0.4, -0.2) is 10.9 Å². The first-order valence-corrected chi connectivity index (χ1v) is 7.53. The molecule has 0 aliphatic carbocycles. The molecule has 104 valence electrons. The summed E-state index contributed by atoms with van der Waals surface area (Å²) < 4.78 is 0.906. The molecular weight excluding hydrogens is 294 g/mol. The van der Waals surface area contributed by atoms with Crippen molar-refractivity contribution in [2.45, 2.75) is 26.7 Å². The highest BCUT2D eigenvalue weighted by molar-refractivity contribution is 7.22. The van der Waals surface area contributed by atoms with Crippen LogP contribution < -0.4 is 5.32 Å². The summed E-state index contributed by atoms with van der Waals surface area (Å²) in [7, 11) is 0. The van der Waals surface area contributed by atoms with Gasteiger partial charge in [-0.15, -0.1) is 0 Å². The van der Waals surface area contributed by atoms with Crippen molar-refractivity contribution >= 4 is 44.2 Å². The Labute approximate surface area is 126 Å².